The number of hydrogen-bond donors (Lipinski definition) is 0. The van der Waals surface area contributed by atoms with E-state index < -0.39 is 5.60 Å². The maximum absolute atomic E-state index is 13.1. The van der Waals surface area contributed by atoms with Gasteiger partial charge in [-0.3, -0.25) is 9.80 Å². The Hall–Kier alpha value is -1.62. The van der Waals surface area contributed by atoms with Crippen LogP contribution in [0.4, 0.5) is 10.6 Å². The molecule has 0 spiro atoms. The zero-order valence-electron chi connectivity index (χ0n) is 18.3. The van der Waals surface area contributed by atoms with E-state index in [0.717, 1.165) is 44.6 Å². The summed E-state index contributed by atoms with van der Waals surface area (Å²) in [6.07, 6.45) is 8.35. The molecule has 1 atom stereocenters. The first kappa shape index (κ1) is 21.1. The summed E-state index contributed by atoms with van der Waals surface area (Å²) in [7, 11) is 0. The number of pyridine rings is 1. The highest BCUT2D eigenvalue weighted by Crippen LogP contribution is 2.39. The summed E-state index contributed by atoms with van der Waals surface area (Å²) in [5, 5.41) is 0. The third-order valence-electron chi connectivity index (χ3n) is 5.65. The Balaban J connectivity index is 1.94. The molecule has 0 bridgehead atoms. The van der Waals surface area contributed by atoms with E-state index in [9.17, 15) is 4.79 Å². The van der Waals surface area contributed by atoms with Crippen LogP contribution in [-0.4, -0.2) is 40.7 Å². The van der Waals surface area contributed by atoms with Crippen LogP contribution < -0.4 is 4.90 Å². The van der Waals surface area contributed by atoms with E-state index in [0.29, 0.717) is 12.0 Å². The highest BCUT2D eigenvalue weighted by atomic mass is 16.6. The second-order valence-corrected chi connectivity index (χ2v) is 9.75. The predicted molar refractivity (Wildman–Crippen MR) is 114 cm³/mol. The van der Waals surface area contributed by atoms with Gasteiger partial charge in [0.25, 0.3) is 0 Å². The van der Waals surface area contributed by atoms with Crippen molar-refractivity contribution in [3.63, 3.8) is 0 Å². The molecule has 1 aliphatic heterocycles. The van der Waals surface area contributed by atoms with Crippen LogP contribution >= 0.6 is 0 Å². The van der Waals surface area contributed by atoms with Crippen LogP contribution in [-0.2, 0) is 4.74 Å². The van der Waals surface area contributed by atoms with E-state index in [1.807, 2.05) is 37.9 Å². The molecular weight excluding hydrogens is 350 g/mol. The van der Waals surface area contributed by atoms with Gasteiger partial charge in [0.05, 0.1) is 0 Å². The van der Waals surface area contributed by atoms with Gasteiger partial charge in [-0.2, -0.15) is 0 Å². The molecule has 3 rings (SSSR count). The number of hydrogen-bond acceptors (Lipinski definition) is 4. The fourth-order valence-electron chi connectivity index (χ4n) is 4.27. The number of carbonyl (C=O) groups is 1. The van der Waals surface area contributed by atoms with Crippen molar-refractivity contribution in [2.75, 3.05) is 18.0 Å². The lowest BCUT2D eigenvalue weighted by atomic mass is 9.90. The second-order valence-electron chi connectivity index (χ2n) is 9.75. The zero-order chi connectivity index (χ0) is 20.3. The molecule has 2 fully saturated rings. The number of ether oxygens (including phenoxy) is 1. The molecule has 1 saturated heterocycles. The minimum atomic E-state index is -0.511. The normalized spacial score (nSPS) is 21.4. The Bertz CT molecular complexity index is 664. The molecule has 1 saturated carbocycles. The summed E-state index contributed by atoms with van der Waals surface area (Å²) in [6, 6.07) is 4.70. The minimum Gasteiger partial charge on any atom is -0.443 e. The number of nitrogens with zero attached hydrogens (tertiary/aromatic N) is 3. The summed E-state index contributed by atoms with van der Waals surface area (Å²) in [5.74, 6) is 1.43. The third-order valence-corrected chi connectivity index (χ3v) is 5.65. The largest absolute Gasteiger partial charge is 0.443 e. The molecule has 2 aliphatic rings. The number of likely N-dealkylation sites (tertiary alicyclic amines) is 1. The average Bonchev–Trinajstić information content (AvgIpc) is 2.56. The van der Waals surface area contributed by atoms with Crippen molar-refractivity contribution in [2.24, 2.45) is 5.92 Å². The van der Waals surface area contributed by atoms with Gasteiger partial charge in [-0.1, -0.05) is 26.3 Å². The molecule has 0 radical (unpaired) electrons. The van der Waals surface area contributed by atoms with Crippen LogP contribution in [0.15, 0.2) is 18.3 Å². The van der Waals surface area contributed by atoms with Crippen molar-refractivity contribution in [2.45, 2.75) is 90.8 Å². The number of aromatic nitrogens is 1. The molecule has 0 unspecified atom stereocenters. The Morgan fingerprint density at radius 1 is 1.25 bits per heavy atom. The molecule has 0 N–H and O–H groups in total. The molecule has 5 nitrogen and oxygen atoms in total. The molecule has 1 amide bonds. The molecular formula is C23H37N3O2. The van der Waals surface area contributed by atoms with E-state index in [2.05, 4.69) is 24.8 Å². The van der Waals surface area contributed by atoms with Crippen LogP contribution in [0.2, 0.25) is 0 Å². The number of rotatable bonds is 5. The van der Waals surface area contributed by atoms with Crippen molar-refractivity contribution >= 4 is 11.9 Å². The summed E-state index contributed by atoms with van der Waals surface area (Å²) >= 11 is 0. The third kappa shape index (κ3) is 5.05. The summed E-state index contributed by atoms with van der Waals surface area (Å²) in [6.45, 7) is 12.5. The lowest BCUT2D eigenvalue weighted by Gasteiger charge is -2.41. The predicted octanol–water partition coefficient (Wildman–Crippen LogP) is 5.56. The minimum absolute atomic E-state index is 0.200. The SMILES string of the molecule is CC(C)CN1CCCC[C@@H]1c1cccnc1N(C(=O)OC(C)(C)C)C1CCC1. The lowest BCUT2D eigenvalue weighted by Crippen LogP contribution is -2.48. The standard InChI is InChI=1S/C23H37N3O2/c1-17(2)16-25-15-7-6-13-20(25)19-12-9-14-24-21(19)26(18-10-8-11-18)22(27)28-23(3,4)5/h9,12,14,17-18,20H,6-8,10-11,13,15-16H2,1-5H3/t20-/m1/s1. The molecule has 156 valence electrons. The Labute approximate surface area is 170 Å². The van der Waals surface area contributed by atoms with E-state index in [1.165, 1.54) is 18.4 Å². The van der Waals surface area contributed by atoms with Gasteiger partial charge in [-0.15, -0.1) is 0 Å². The molecule has 1 aliphatic carbocycles. The van der Waals surface area contributed by atoms with Crippen molar-refractivity contribution in [3.05, 3.63) is 23.9 Å². The lowest BCUT2D eigenvalue weighted by molar-refractivity contribution is 0.0546. The Kier molecular flexibility index (Phi) is 6.64. The smallest absolute Gasteiger partial charge is 0.416 e. The van der Waals surface area contributed by atoms with Crippen molar-refractivity contribution in [3.8, 4) is 0 Å². The highest BCUT2D eigenvalue weighted by Gasteiger charge is 2.37. The van der Waals surface area contributed by atoms with Gasteiger partial charge < -0.3 is 4.74 Å². The summed E-state index contributed by atoms with van der Waals surface area (Å²) in [4.78, 5) is 22.3. The zero-order valence-corrected chi connectivity index (χ0v) is 18.3. The average molecular weight is 388 g/mol. The maximum Gasteiger partial charge on any atom is 0.416 e. The summed E-state index contributed by atoms with van der Waals surface area (Å²) < 4.78 is 5.78. The number of carbonyl (C=O) groups excluding carboxylic acids is 1. The maximum atomic E-state index is 13.1. The molecule has 0 aromatic carbocycles. The van der Waals surface area contributed by atoms with Crippen molar-refractivity contribution in [1.29, 1.82) is 0 Å². The quantitative estimate of drug-likeness (QED) is 0.664. The van der Waals surface area contributed by atoms with Crippen LogP contribution in [0.25, 0.3) is 0 Å². The van der Waals surface area contributed by atoms with Gasteiger partial charge in [0.2, 0.25) is 0 Å². The number of anilines is 1. The van der Waals surface area contributed by atoms with Crippen LogP contribution in [0.1, 0.15) is 84.7 Å². The first-order valence-corrected chi connectivity index (χ1v) is 11.0. The van der Waals surface area contributed by atoms with Crippen molar-refractivity contribution < 1.29 is 9.53 Å². The molecule has 1 aromatic rings. The van der Waals surface area contributed by atoms with Gasteiger partial charge in [0, 0.05) is 30.4 Å². The van der Waals surface area contributed by atoms with E-state index in [1.54, 1.807) is 0 Å². The monoisotopic (exact) mass is 387 g/mol. The molecule has 2 heterocycles. The van der Waals surface area contributed by atoms with E-state index in [-0.39, 0.29) is 12.1 Å². The first-order chi connectivity index (χ1) is 13.3. The number of piperidine rings is 1. The van der Waals surface area contributed by atoms with E-state index in [4.69, 9.17) is 9.72 Å². The van der Waals surface area contributed by atoms with Gasteiger partial charge >= 0.3 is 6.09 Å². The van der Waals surface area contributed by atoms with Crippen molar-refractivity contribution in [1.82, 2.24) is 9.88 Å². The number of amides is 1. The van der Waals surface area contributed by atoms with Crippen LogP contribution in [0, 0.1) is 5.92 Å². The molecule has 5 heteroatoms. The van der Waals surface area contributed by atoms with Crippen LogP contribution in [0.5, 0.6) is 0 Å². The van der Waals surface area contributed by atoms with Crippen LogP contribution in [0.3, 0.4) is 0 Å². The van der Waals surface area contributed by atoms with Gasteiger partial charge in [-0.25, -0.2) is 9.78 Å². The summed E-state index contributed by atoms with van der Waals surface area (Å²) in [5.41, 5.74) is 0.670. The second kappa shape index (κ2) is 8.81. The first-order valence-electron chi connectivity index (χ1n) is 11.0. The molecule has 28 heavy (non-hydrogen) atoms. The Morgan fingerprint density at radius 2 is 2.00 bits per heavy atom. The van der Waals surface area contributed by atoms with Gasteiger partial charge in [-0.05, 0) is 71.4 Å². The van der Waals surface area contributed by atoms with Gasteiger partial charge in [0.15, 0.2) is 0 Å². The fraction of sp³-hybridized carbons (Fsp3) is 0.739. The Morgan fingerprint density at radius 3 is 2.61 bits per heavy atom. The van der Waals surface area contributed by atoms with Gasteiger partial charge in [0.1, 0.15) is 11.4 Å². The topological polar surface area (TPSA) is 45.7 Å². The van der Waals surface area contributed by atoms with E-state index >= 15 is 0 Å². The molecule has 1 aromatic heterocycles. The highest BCUT2D eigenvalue weighted by molar-refractivity contribution is 5.88. The fourth-order valence-corrected chi connectivity index (χ4v) is 4.27.